The Bertz CT molecular complexity index is 4330. The lowest BCUT2D eigenvalue weighted by molar-refractivity contribution is 0.478. The topological polar surface area (TPSA) is 37.2 Å². The van der Waals surface area contributed by atoms with Gasteiger partial charge in [-0.05, 0) is 108 Å². The van der Waals surface area contributed by atoms with Crippen LogP contribution in [0.5, 0.6) is 11.5 Å². The van der Waals surface area contributed by atoms with Crippen molar-refractivity contribution in [1.29, 1.82) is 0 Å². The fourth-order valence-electron chi connectivity index (χ4n) is 11.0. The third kappa shape index (κ3) is 4.81. The quantitative estimate of drug-likeness (QED) is 0.177. The molecule has 15 rings (SSSR count). The monoisotopic (exact) mass is 829 g/mol. The van der Waals surface area contributed by atoms with Crippen LogP contribution in [-0.2, 0) is 0 Å². The molecular weight excluding hydrogens is 795 g/mol. The van der Waals surface area contributed by atoms with E-state index >= 15 is 0 Å². The second-order valence-corrected chi connectivity index (χ2v) is 17.3. The molecule has 0 spiro atoms. The van der Waals surface area contributed by atoms with Crippen molar-refractivity contribution in [3.8, 4) is 50.8 Å². The van der Waals surface area contributed by atoms with Gasteiger partial charge in [-0.25, -0.2) is 0 Å². The van der Waals surface area contributed by atoms with E-state index in [1.54, 1.807) is 0 Å². The number of nitrogens with zero attached hydrogens (tertiary/aromatic N) is 3. The van der Waals surface area contributed by atoms with Crippen molar-refractivity contribution in [1.82, 2.24) is 13.7 Å². The minimum absolute atomic E-state index is 0.861. The molecule has 10 aromatic carbocycles. The van der Waals surface area contributed by atoms with Crippen LogP contribution < -0.4 is 4.74 Å². The van der Waals surface area contributed by atoms with E-state index in [9.17, 15) is 0 Å². The molecule has 4 aromatic heterocycles. The van der Waals surface area contributed by atoms with Gasteiger partial charge in [-0.15, -0.1) is 0 Å². The van der Waals surface area contributed by atoms with Gasteiger partial charge in [0.05, 0.1) is 38.8 Å². The minimum atomic E-state index is 0.861. The third-order valence-electron chi connectivity index (χ3n) is 13.8. The number of rotatable bonds is 4. The molecule has 302 valence electrons. The van der Waals surface area contributed by atoms with Crippen molar-refractivity contribution < 1.29 is 9.15 Å². The highest BCUT2D eigenvalue weighted by Crippen LogP contribution is 2.49. The minimum Gasteiger partial charge on any atom is -0.456 e. The van der Waals surface area contributed by atoms with Gasteiger partial charge in [0.15, 0.2) is 11.5 Å². The molecule has 1 aliphatic rings. The maximum absolute atomic E-state index is 6.79. The molecule has 5 heterocycles. The van der Waals surface area contributed by atoms with E-state index in [0.29, 0.717) is 0 Å². The summed E-state index contributed by atoms with van der Waals surface area (Å²) in [6.07, 6.45) is 0. The molecule has 0 saturated heterocycles. The van der Waals surface area contributed by atoms with E-state index in [1.807, 2.05) is 18.2 Å². The number of furan rings is 1. The van der Waals surface area contributed by atoms with Crippen molar-refractivity contribution in [2.24, 2.45) is 0 Å². The van der Waals surface area contributed by atoms with Gasteiger partial charge in [-0.1, -0.05) is 115 Å². The summed E-state index contributed by atoms with van der Waals surface area (Å²) in [6, 6.07) is 76.5. The van der Waals surface area contributed by atoms with Crippen LogP contribution in [0.2, 0.25) is 0 Å². The molecule has 0 radical (unpaired) electrons. The number of benzene rings is 10. The van der Waals surface area contributed by atoms with Crippen molar-refractivity contribution in [3.63, 3.8) is 0 Å². The van der Waals surface area contributed by atoms with Gasteiger partial charge < -0.3 is 22.9 Å². The van der Waals surface area contributed by atoms with E-state index in [2.05, 4.69) is 208 Å². The highest BCUT2D eigenvalue weighted by Gasteiger charge is 2.26. The van der Waals surface area contributed by atoms with E-state index < -0.39 is 0 Å². The largest absolute Gasteiger partial charge is 0.456 e. The van der Waals surface area contributed by atoms with Crippen LogP contribution in [0.15, 0.2) is 217 Å². The highest BCUT2D eigenvalue weighted by atomic mass is 16.5. The Morgan fingerprint density at radius 2 is 0.815 bits per heavy atom. The molecule has 0 atom stereocenters. The first-order valence-corrected chi connectivity index (χ1v) is 22.2. The molecule has 0 amide bonds. The summed E-state index contributed by atoms with van der Waals surface area (Å²) in [5.41, 5.74) is 16.6. The van der Waals surface area contributed by atoms with Crippen LogP contribution in [0.1, 0.15) is 0 Å². The average Bonchev–Trinajstić information content (AvgIpc) is 4.11. The highest BCUT2D eigenvalue weighted by molar-refractivity contribution is 6.15. The first-order valence-electron chi connectivity index (χ1n) is 22.2. The normalized spacial score (nSPS) is 12.4. The first-order chi connectivity index (χ1) is 32.2. The second kappa shape index (κ2) is 12.9. The molecule has 0 N–H and O–H groups in total. The Labute approximate surface area is 371 Å². The SMILES string of the molecule is c1ccc2c(c1)Oc1c(-c3ccc(-n4c5ccccc5c5cc(-c6ccc7c(c6)c6ccccc6n7-c6ccc7c(c6)oc6ccccc67)ccc54)cc3)ccc3c4ccccc4n-2c13. The Kier molecular flexibility index (Phi) is 6.89. The number of fused-ring (bicyclic) bond motifs is 14. The van der Waals surface area contributed by atoms with Gasteiger partial charge in [0, 0.05) is 66.1 Å². The maximum Gasteiger partial charge on any atom is 0.160 e. The van der Waals surface area contributed by atoms with Gasteiger partial charge in [0.1, 0.15) is 11.2 Å². The van der Waals surface area contributed by atoms with Crippen LogP contribution in [0.3, 0.4) is 0 Å². The van der Waals surface area contributed by atoms with E-state index in [4.69, 9.17) is 9.15 Å². The summed E-state index contributed by atoms with van der Waals surface area (Å²) >= 11 is 0. The van der Waals surface area contributed by atoms with Crippen molar-refractivity contribution in [2.45, 2.75) is 0 Å². The van der Waals surface area contributed by atoms with Gasteiger partial charge in [0.2, 0.25) is 0 Å². The van der Waals surface area contributed by atoms with E-state index in [1.165, 1.54) is 65.5 Å². The summed E-state index contributed by atoms with van der Waals surface area (Å²) < 4.78 is 20.2. The lowest BCUT2D eigenvalue weighted by atomic mass is 10.0. The zero-order valence-electron chi connectivity index (χ0n) is 34.9. The summed E-state index contributed by atoms with van der Waals surface area (Å²) in [5, 5.41) is 9.57. The summed E-state index contributed by atoms with van der Waals surface area (Å²) in [7, 11) is 0. The molecule has 0 aliphatic carbocycles. The van der Waals surface area contributed by atoms with E-state index in [-0.39, 0.29) is 0 Å². The predicted molar refractivity (Wildman–Crippen MR) is 268 cm³/mol. The number of para-hydroxylation sites is 6. The Morgan fingerprint density at radius 1 is 0.308 bits per heavy atom. The van der Waals surface area contributed by atoms with Gasteiger partial charge >= 0.3 is 0 Å². The third-order valence-corrected chi connectivity index (χ3v) is 13.8. The molecular formula is C60H35N3O2. The number of hydrogen-bond donors (Lipinski definition) is 0. The van der Waals surface area contributed by atoms with Gasteiger partial charge in [-0.3, -0.25) is 0 Å². The molecule has 0 saturated carbocycles. The van der Waals surface area contributed by atoms with Crippen LogP contribution >= 0.6 is 0 Å². The molecule has 0 fully saturated rings. The maximum atomic E-state index is 6.79. The summed E-state index contributed by atoms with van der Waals surface area (Å²) in [4.78, 5) is 0. The Morgan fingerprint density at radius 3 is 1.52 bits per heavy atom. The lowest BCUT2D eigenvalue weighted by Gasteiger charge is -2.23. The number of aromatic nitrogens is 3. The molecule has 0 unspecified atom stereocenters. The molecule has 0 bridgehead atoms. The Balaban J connectivity index is 0.837. The zero-order chi connectivity index (χ0) is 42.3. The second-order valence-electron chi connectivity index (χ2n) is 17.3. The summed E-state index contributed by atoms with van der Waals surface area (Å²) in [5.74, 6) is 1.75. The Hall–Kier alpha value is -8.80. The van der Waals surface area contributed by atoms with Crippen molar-refractivity contribution in [3.05, 3.63) is 212 Å². The average molecular weight is 830 g/mol. The van der Waals surface area contributed by atoms with Gasteiger partial charge in [-0.2, -0.15) is 0 Å². The number of hydrogen-bond acceptors (Lipinski definition) is 2. The smallest absolute Gasteiger partial charge is 0.160 e. The van der Waals surface area contributed by atoms with Crippen molar-refractivity contribution in [2.75, 3.05) is 0 Å². The predicted octanol–water partition coefficient (Wildman–Crippen LogP) is 16.3. The van der Waals surface area contributed by atoms with Crippen molar-refractivity contribution >= 4 is 87.4 Å². The number of ether oxygens (including phenoxy) is 1. The molecule has 5 heteroatoms. The van der Waals surface area contributed by atoms with Crippen LogP contribution in [-0.4, -0.2) is 13.7 Å². The molecule has 14 aromatic rings. The zero-order valence-corrected chi connectivity index (χ0v) is 34.9. The fraction of sp³-hybridized carbons (Fsp3) is 0. The van der Waals surface area contributed by atoms with Crippen LogP contribution in [0.25, 0.3) is 127 Å². The molecule has 5 nitrogen and oxygen atoms in total. The first kappa shape index (κ1) is 34.7. The lowest BCUT2D eigenvalue weighted by Crippen LogP contribution is -2.05. The summed E-state index contributed by atoms with van der Waals surface area (Å²) in [6.45, 7) is 0. The fourth-order valence-corrected chi connectivity index (χ4v) is 11.0. The van der Waals surface area contributed by atoms with Crippen LogP contribution in [0.4, 0.5) is 0 Å². The van der Waals surface area contributed by atoms with Gasteiger partial charge in [0.25, 0.3) is 0 Å². The standard InChI is InChI=1S/C60H35N3O2/c1-7-17-52-42(11-1)47-30-29-41(60-59(47)63(52)55-18-8-10-20-57(55)65-60)36-21-25-39(26-22-36)61-50-15-5-2-12-43(50)48-33-37(23-31-53(48)61)38-24-32-54-49(34-38)44-13-3-6-16-51(44)62(54)40-27-28-46-45-14-4-9-19-56(45)64-58(46)35-40/h1-35H. The molecule has 65 heavy (non-hydrogen) atoms. The van der Waals surface area contributed by atoms with E-state index in [0.717, 1.165) is 72.7 Å². The van der Waals surface area contributed by atoms with Crippen LogP contribution in [0, 0.1) is 0 Å². The molecule has 1 aliphatic heterocycles.